The number of hydrogen-bond donors (Lipinski definition) is 3. The van der Waals surface area contributed by atoms with Crippen molar-refractivity contribution in [1.29, 1.82) is 0 Å². The molecule has 3 heterocycles. The van der Waals surface area contributed by atoms with Crippen molar-refractivity contribution in [3.05, 3.63) is 41.1 Å². The van der Waals surface area contributed by atoms with E-state index in [2.05, 4.69) is 38.8 Å². The molecule has 7 heteroatoms. The van der Waals surface area contributed by atoms with Gasteiger partial charge in [-0.1, -0.05) is 12.2 Å². The van der Waals surface area contributed by atoms with E-state index in [1.165, 1.54) is 16.8 Å². The van der Waals surface area contributed by atoms with E-state index >= 15 is 0 Å². The van der Waals surface area contributed by atoms with E-state index in [9.17, 15) is 4.79 Å². The molecule has 0 bridgehead atoms. The Morgan fingerprint density at radius 3 is 2.87 bits per heavy atom. The van der Waals surface area contributed by atoms with Gasteiger partial charge in [0, 0.05) is 37.5 Å². The van der Waals surface area contributed by atoms with Crippen LogP contribution in [-0.4, -0.2) is 31.8 Å². The minimum Gasteiger partial charge on any atom is -0.382 e. The van der Waals surface area contributed by atoms with Crippen molar-refractivity contribution in [2.45, 2.75) is 58.3 Å². The summed E-state index contributed by atoms with van der Waals surface area (Å²) in [5.74, 6) is 2.55. The molecule has 3 aromatic rings. The Balaban J connectivity index is 1.51. The fraction of sp³-hybridized carbons (Fsp3) is 0.458. The lowest BCUT2D eigenvalue weighted by Gasteiger charge is -2.27. The number of imidazole rings is 1. The van der Waals surface area contributed by atoms with Crippen molar-refractivity contribution in [2.75, 3.05) is 12.3 Å². The van der Waals surface area contributed by atoms with Crippen LogP contribution in [0.25, 0.3) is 23.0 Å². The molecular weight excluding hydrogens is 388 g/mol. The molecule has 3 aromatic heterocycles. The molecule has 31 heavy (non-hydrogen) atoms. The maximum absolute atomic E-state index is 11.2. The molecule has 2 aliphatic rings. The van der Waals surface area contributed by atoms with Gasteiger partial charge in [0.25, 0.3) is 0 Å². The quantitative estimate of drug-likeness (QED) is 0.596. The second-order valence-electron chi connectivity index (χ2n) is 8.96. The molecular formula is C24H30N6O. The average molecular weight is 419 g/mol. The first-order valence-electron chi connectivity index (χ1n) is 11.3. The highest BCUT2D eigenvalue weighted by Crippen LogP contribution is 2.40. The number of H-pyrrole nitrogens is 1. The third kappa shape index (κ3) is 3.52. The first-order chi connectivity index (χ1) is 15.0. The minimum atomic E-state index is 0.0489. The number of allylic oxidation sites excluding steroid dienone is 1. The molecule has 5 rings (SSSR count). The topological polar surface area (TPSA) is 101 Å². The van der Waals surface area contributed by atoms with Crippen molar-refractivity contribution in [3.8, 4) is 11.4 Å². The molecule has 1 amide bonds. The molecule has 0 aliphatic heterocycles. The zero-order chi connectivity index (χ0) is 21.5. The number of hydrogen-bond acceptors (Lipinski definition) is 4. The Morgan fingerprint density at radius 1 is 1.32 bits per heavy atom. The summed E-state index contributed by atoms with van der Waals surface area (Å²) in [6, 6.07) is 0. The van der Waals surface area contributed by atoms with E-state index in [4.69, 9.17) is 10.7 Å². The van der Waals surface area contributed by atoms with Gasteiger partial charge in [0.1, 0.15) is 22.9 Å². The van der Waals surface area contributed by atoms with Gasteiger partial charge in [0.05, 0.1) is 5.69 Å². The summed E-state index contributed by atoms with van der Waals surface area (Å²) < 4.78 is 2.14. The number of amides is 1. The second kappa shape index (κ2) is 7.87. The van der Waals surface area contributed by atoms with E-state index in [-0.39, 0.29) is 5.91 Å². The van der Waals surface area contributed by atoms with E-state index in [0.717, 1.165) is 67.8 Å². The summed E-state index contributed by atoms with van der Waals surface area (Å²) in [6.07, 6.45) is 14.6. The Hall–Kier alpha value is -3.09. The molecule has 1 saturated carbocycles. The summed E-state index contributed by atoms with van der Waals surface area (Å²) >= 11 is 0. The van der Waals surface area contributed by atoms with Gasteiger partial charge in [0.15, 0.2) is 0 Å². The number of aromatic nitrogens is 4. The molecule has 0 unspecified atom stereocenters. The van der Waals surface area contributed by atoms with Gasteiger partial charge in [0.2, 0.25) is 5.91 Å². The number of aryl methyl sites for hydroxylation is 1. The number of aromatic amines is 1. The van der Waals surface area contributed by atoms with Crippen molar-refractivity contribution in [3.63, 3.8) is 0 Å². The monoisotopic (exact) mass is 418 g/mol. The summed E-state index contributed by atoms with van der Waals surface area (Å²) in [7, 11) is 0. The number of nitrogens with zero attached hydrogens (tertiary/aromatic N) is 3. The molecule has 0 saturated heterocycles. The van der Waals surface area contributed by atoms with Gasteiger partial charge >= 0.3 is 0 Å². The number of carbonyl (C=O) groups is 1. The molecule has 1 fully saturated rings. The summed E-state index contributed by atoms with van der Waals surface area (Å²) in [5.41, 5.74) is 13.0. The van der Waals surface area contributed by atoms with Crippen molar-refractivity contribution < 1.29 is 4.79 Å². The Labute approximate surface area is 182 Å². The predicted octanol–water partition coefficient (Wildman–Crippen LogP) is 3.98. The SMILES string of the molecule is CC(=O)NCC1CCC(c2nc(-c3[nH]c4c(c3C)C=CCC4)c3c(N)nccn23)CC1. The fourth-order valence-electron chi connectivity index (χ4n) is 5.22. The molecule has 0 aromatic carbocycles. The molecule has 7 nitrogen and oxygen atoms in total. The number of fused-ring (bicyclic) bond motifs is 2. The van der Waals surface area contributed by atoms with Crippen LogP contribution in [0, 0.1) is 12.8 Å². The number of nitrogens with two attached hydrogens (primary N) is 1. The summed E-state index contributed by atoms with van der Waals surface area (Å²) in [5, 5.41) is 2.97. The maximum atomic E-state index is 11.2. The largest absolute Gasteiger partial charge is 0.382 e. The van der Waals surface area contributed by atoms with E-state index < -0.39 is 0 Å². The van der Waals surface area contributed by atoms with E-state index in [0.29, 0.717) is 17.7 Å². The fourth-order valence-corrected chi connectivity index (χ4v) is 5.22. The standard InChI is InChI=1S/C24H30N6O/c1-14-18-5-3-4-6-19(18)28-20(14)21-22-23(25)26-11-12-30(22)24(29-21)17-9-7-16(8-10-17)13-27-15(2)31/h3,5,11-12,16-17,28H,4,6-10,13H2,1-2H3,(H2,25,26)(H,27,31). The van der Waals surface area contributed by atoms with Gasteiger partial charge < -0.3 is 16.0 Å². The van der Waals surface area contributed by atoms with Crippen molar-refractivity contribution >= 4 is 23.3 Å². The number of nitrogens with one attached hydrogen (secondary N) is 2. The number of rotatable bonds is 4. The highest BCUT2D eigenvalue weighted by molar-refractivity contribution is 5.87. The first kappa shape index (κ1) is 19.8. The van der Waals surface area contributed by atoms with Crippen LogP contribution in [0.1, 0.15) is 67.6 Å². The normalized spacial score (nSPS) is 20.7. The van der Waals surface area contributed by atoms with E-state index in [1.54, 1.807) is 13.1 Å². The van der Waals surface area contributed by atoms with Crippen molar-refractivity contribution in [1.82, 2.24) is 24.7 Å². The van der Waals surface area contributed by atoms with E-state index in [1.807, 2.05) is 6.20 Å². The first-order valence-corrected chi connectivity index (χ1v) is 11.3. The maximum Gasteiger partial charge on any atom is 0.216 e. The summed E-state index contributed by atoms with van der Waals surface area (Å²) in [6.45, 7) is 4.51. The number of anilines is 1. The van der Waals surface area contributed by atoms with Gasteiger partial charge in [-0.15, -0.1) is 0 Å². The average Bonchev–Trinajstić information content (AvgIpc) is 3.32. The zero-order valence-corrected chi connectivity index (χ0v) is 18.2. The lowest BCUT2D eigenvalue weighted by atomic mass is 9.81. The van der Waals surface area contributed by atoms with Crippen LogP contribution < -0.4 is 11.1 Å². The molecule has 2 aliphatic carbocycles. The van der Waals surface area contributed by atoms with Crippen LogP contribution >= 0.6 is 0 Å². The highest BCUT2D eigenvalue weighted by atomic mass is 16.1. The Bertz CT molecular complexity index is 1160. The van der Waals surface area contributed by atoms with Crippen LogP contribution in [0.5, 0.6) is 0 Å². The van der Waals surface area contributed by atoms with Crippen LogP contribution in [-0.2, 0) is 11.2 Å². The highest BCUT2D eigenvalue weighted by Gasteiger charge is 2.29. The second-order valence-corrected chi connectivity index (χ2v) is 8.96. The molecule has 0 radical (unpaired) electrons. The predicted molar refractivity (Wildman–Crippen MR) is 123 cm³/mol. The van der Waals surface area contributed by atoms with Gasteiger partial charge in [-0.05, 0) is 62.5 Å². The molecule has 4 N–H and O–H groups in total. The minimum absolute atomic E-state index is 0.0489. The van der Waals surface area contributed by atoms with Gasteiger partial charge in [-0.3, -0.25) is 9.20 Å². The lowest BCUT2D eigenvalue weighted by molar-refractivity contribution is -0.119. The zero-order valence-electron chi connectivity index (χ0n) is 18.2. The number of carbonyl (C=O) groups excluding carboxylic acids is 1. The lowest BCUT2D eigenvalue weighted by Crippen LogP contribution is -2.29. The molecule has 0 spiro atoms. The third-order valence-electron chi connectivity index (χ3n) is 6.92. The van der Waals surface area contributed by atoms with Crippen LogP contribution in [0.3, 0.4) is 0 Å². The molecule has 0 atom stereocenters. The van der Waals surface area contributed by atoms with Crippen LogP contribution in [0.2, 0.25) is 0 Å². The van der Waals surface area contributed by atoms with Crippen LogP contribution in [0.15, 0.2) is 18.5 Å². The Kier molecular flexibility index (Phi) is 5.04. The van der Waals surface area contributed by atoms with Gasteiger partial charge in [-0.25, -0.2) is 9.97 Å². The smallest absolute Gasteiger partial charge is 0.216 e. The number of nitrogen functional groups attached to an aromatic ring is 1. The van der Waals surface area contributed by atoms with Crippen molar-refractivity contribution in [2.24, 2.45) is 5.92 Å². The molecule has 162 valence electrons. The van der Waals surface area contributed by atoms with Gasteiger partial charge in [-0.2, -0.15) is 0 Å². The van der Waals surface area contributed by atoms with Crippen LogP contribution in [0.4, 0.5) is 5.82 Å². The third-order valence-corrected chi connectivity index (χ3v) is 6.92. The summed E-state index contributed by atoms with van der Waals surface area (Å²) in [4.78, 5) is 24.4. The Morgan fingerprint density at radius 2 is 2.13 bits per heavy atom.